The zero-order chi connectivity index (χ0) is 9.14. The van der Waals surface area contributed by atoms with Crippen LogP contribution < -0.4 is 0 Å². The number of benzene rings is 1. The van der Waals surface area contributed by atoms with Gasteiger partial charge in [-0.1, -0.05) is 35.2 Å². The highest BCUT2D eigenvalue weighted by Crippen LogP contribution is 2.19. The smallest absolute Gasteiger partial charge is 0.106 e. The van der Waals surface area contributed by atoms with Crippen molar-refractivity contribution in [1.29, 1.82) is 0 Å². The van der Waals surface area contributed by atoms with Gasteiger partial charge in [0.1, 0.15) is 15.7 Å². The maximum absolute atomic E-state index is 5.56. The predicted molar refractivity (Wildman–Crippen MR) is 56.0 cm³/mol. The average molecular weight is 150 g/mol. The zero-order valence-electron chi connectivity index (χ0n) is 6.88. The first-order valence-electron chi connectivity index (χ1n) is 3.61. The van der Waals surface area contributed by atoms with Crippen molar-refractivity contribution in [3.63, 3.8) is 0 Å². The van der Waals surface area contributed by atoms with Crippen molar-refractivity contribution in [3.8, 4) is 0 Å². The Balaban J connectivity index is 3.27. The van der Waals surface area contributed by atoms with E-state index in [9.17, 15) is 0 Å². The highest BCUT2D eigenvalue weighted by Gasteiger charge is 2.00. The van der Waals surface area contributed by atoms with Crippen molar-refractivity contribution in [2.24, 2.45) is 0 Å². The van der Waals surface area contributed by atoms with Crippen LogP contribution in [0.15, 0.2) is 37.4 Å². The quantitative estimate of drug-likeness (QED) is 0.565. The third kappa shape index (κ3) is 1.70. The lowest BCUT2D eigenvalue weighted by atomic mass is 9.80. The van der Waals surface area contributed by atoms with Crippen molar-refractivity contribution in [2.45, 2.75) is 0 Å². The van der Waals surface area contributed by atoms with Gasteiger partial charge in [-0.15, -0.1) is 13.2 Å². The van der Waals surface area contributed by atoms with E-state index >= 15 is 0 Å². The topological polar surface area (TPSA) is 0 Å². The molecule has 0 atom stereocenters. The zero-order valence-corrected chi connectivity index (χ0v) is 6.88. The molecule has 0 amide bonds. The van der Waals surface area contributed by atoms with Crippen LogP contribution in [0, 0.1) is 0 Å². The Morgan fingerprint density at radius 1 is 0.917 bits per heavy atom. The van der Waals surface area contributed by atoms with Crippen molar-refractivity contribution < 1.29 is 0 Å². The molecule has 0 unspecified atom stereocenters. The second-order valence-electron chi connectivity index (χ2n) is 2.60. The molecule has 0 N–H and O–H groups in total. The molecule has 1 aromatic rings. The van der Waals surface area contributed by atoms with E-state index in [-0.39, 0.29) is 0 Å². The van der Waals surface area contributed by atoms with E-state index in [2.05, 4.69) is 13.2 Å². The summed E-state index contributed by atoms with van der Waals surface area (Å²) in [6.07, 6.45) is 0. The van der Waals surface area contributed by atoms with Gasteiger partial charge in [0.15, 0.2) is 0 Å². The van der Waals surface area contributed by atoms with Crippen LogP contribution in [0.1, 0.15) is 11.1 Å². The first-order valence-corrected chi connectivity index (χ1v) is 3.61. The summed E-state index contributed by atoms with van der Waals surface area (Å²) in [4.78, 5) is 0. The van der Waals surface area contributed by atoms with Crippen molar-refractivity contribution >= 4 is 26.6 Å². The minimum atomic E-state index is 0.511. The molecule has 0 aromatic heterocycles. The maximum Gasteiger partial charge on any atom is 0.113 e. The Hall–Kier alpha value is -1.17. The van der Waals surface area contributed by atoms with E-state index in [1.165, 1.54) is 0 Å². The van der Waals surface area contributed by atoms with Crippen LogP contribution in [-0.2, 0) is 0 Å². The van der Waals surface area contributed by atoms with E-state index in [1.54, 1.807) is 0 Å². The third-order valence-corrected chi connectivity index (χ3v) is 1.62. The number of rotatable bonds is 2. The van der Waals surface area contributed by atoms with Crippen LogP contribution in [0.25, 0.3) is 10.9 Å². The summed E-state index contributed by atoms with van der Waals surface area (Å²) in [6.45, 7) is 7.30. The molecule has 0 nitrogen and oxygen atoms in total. The van der Waals surface area contributed by atoms with Crippen molar-refractivity contribution in [2.75, 3.05) is 0 Å². The fourth-order valence-electron chi connectivity index (χ4n) is 1.04. The van der Waals surface area contributed by atoms with Crippen LogP contribution in [0.2, 0.25) is 0 Å². The Labute approximate surface area is 75.8 Å². The second kappa shape index (κ2) is 3.48. The highest BCUT2D eigenvalue weighted by atomic mass is 14.0. The number of hydrogen-bond acceptors (Lipinski definition) is 0. The van der Waals surface area contributed by atoms with Gasteiger partial charge in [0.25, 0.3) is 0 Å². The van der Waals surface area contributed by atoms with Gasteiger partial charge in [0, 0.05) is 0 Å². The van der Waals surface area contributed by atoms with Crippen LogP contribution in [0.5, 0.6) is 0 Å². The Bertz CT molecular complexity index is 293. The summed E-state index contributed by atoms with van der Waals surface area (Å²) in [7, 11) is 11.1. The van der Waals surface area contributed by atoms with Gasteiger partial charge in [0.05, 0.1) is 0 Å². The van der Waals surface area contributed by atoms with Gasteiger partial charge in [0.2, 0.25) is 0 Å². The van der Waals surface area contributed by atoms with Crippen LogP contribution in [-0.4, -0.2) is 15.7 Å². The van der Waals surface area contributed by atoms with Gasteiger partial charge < -0.3 is 0 Å². The van der Waals surface area contributed by atoms with Gasteiger partial charge in [-0.25, -0.2) is 0 Å². The lowest BCUT2D eigenvalue weighted by molar-refractivity contribution is 1.60. The summed E-state index contributed by atoms with van der Waals surface area (Å²) in [6, 6.07) is 7.52. The minimum absolute atomic E-state index is 0.511. The largest absolute Gasteiger partial charge is 0.113 e. The molecule has 0 aliphatic rings. The summed E-state index contributed by atoms with van der Waals surface area (Å²) in [5, 5.41) is 0. The Morgan fingerprint density at radius 2 is 1.25 bits per heavy atom. The van der Waals surface area contributed by atoms with E-state index in [1.807, 2.05) is 24.3 Å². The average Bonchev–Trinajstić information content (AvgIpc) is 2.04. The maximum atomic E-state index is 5.56. The molecule has 1 rings (SSSR count). The van der Waals surface area contributed by atoms with E-state index < -0.39 is 0 Å². The summed E-state index contributed by atoms with van der Waals surface area (Å²) < 4.78 is 0. The van der Waals surface area contributed by atoms with E-state index in [4.69, 9.17) is 15.7 Å². The highest BCUT2D eigenvalue weighted by molar-refractivity contribution is 6.45. The molecule has 0 aliphatic heterocycles. The molecule has 4 radical (unpaired) electrons. The standard InChI is InChI=1S/C10H8B2/c1-7(11)9-5-3-4-6-10(9)8(2)12/h3-6H,1-2H2. The van der Waals surface area contributed by atoms with Gasteiger partial charge >= 0.3 is 0 Å². The molecular weight excluding hydrogens is 142 g/mol. The molecule has 12 heavy (non-hydrogen) atoms. The van der Waals surface area contributed by atoms with Crippen molar-refractivity contribution in [3.05, 3.63) is 48.6 Å². The lowest BCUT2D eigenvalue weighted by Crippen LogP contribution is -1.90. The molecule has 0 heterocycles. The molecular formula is C10H8B2. The molecule has 0 fully saturated rings. The predicted octanol–water partition coefficient (Wildman–Crippen LogP) is 1.97. The lowest BCUT2D eigenvalue weighted by Gasteiger charge is -2.08. The molecule has 0 bridgehead atoms. The first kappa shape index (κ1) is 8.92. The van der Waals surface area contributed by atoms with Crippen LogP contribution in [0.4, 0.5) is 0 Å². The molecule has 0 saturated carbocycles. The second-order valence-corrected chi connectivity index (χ2v) is 2.60. The van der Waals surface area contributed by atoms with Gasteiger partial charge in [-0.3, -0.25) is 0 Å². The molecule has 0 aliphatic carbocycles. The van der Waals surface area contributed by atoms with Gasteiger partial charge in [-0.05, 0) is 11.1 Å². The fraction of sp³-hybridized carbons (Fsp3) is 0. The molecule has 0 spiro atoms. The number of hydrogen-bond donors (Lipinski definition) is 0. The summed E-state index contributed by atoms with van der Waals surface area (Å²) >= 11 is 0. The first-order chi connectivity index (χ1) is 5.63. The van der Waals surface area contributed by atoms with Gasteiger partial charge in [-0.2, -0.15) is 0 Å². The SMILES string of the molecule is [B]C(=C)c1ccccc1C([B])=C. The summed E-state index contributed by atoms with van der Waals surface area (Å²) in [5.41, 5.74) is 2.73. The summed E-state index contributed by atoms with van der Waals surface area (Å²) in [5.74, 6) is 0. The van der Waals surface area contributed by atoms with E-state index in [0.717, 1.165) is 11.1 Å². The van der Waals surface area contributed by atoms with Crippen LogP contribution >= 0.6 is 0 Å². The minimum Gasteiger partial charge on any atom is -0.106 e. The van der Waals surface area contributed by atoms with E-state index in [0.29, 0.717) is 10.9 Å². The van der Waals surface area contributed by atoms with Crippen LogP contribution in [0.3, 0.4) is 0 Å². The Morgan fingerprint density at radius 3 is 1.50 bits per heavy atom. The molecule has 54 valence electrons. The molecule has 0 saturated heterocycles. The molecule has 2 heteroatoms. The monoisotopic (exact) mass is 150 g/mol. The molecule has 1 aromatic carbocycles. The normalized spacial score (nSPS) is 9.33. The third-order valence-electron chi connectivity index (χ3n) is 1.62. The van der Waals surface area contributed by atoms with Crippen molar-refractivity contribution in [1.82, 2.24) is 0 Å². The Kier molecular flexibility index (Phi) is 2.59. The fourth-order valence-corrected chi connectivity index (χ4v) is 1.04.